The zero-order valence-corrected chi connectivity index (χ0v) is 16.4. The van der Waals surface area contributed by atoms with Gasteiger partial charge in [-0.15, -0.1) is 11.3 Å². The molecule has 0 aliphatic rings. The summed E-state index contributed by atoms with van der Waals surface area (Å²) in [6, 6.07) is 5.40. The molecule has 0 spiro atoms. The van der Waals surface area contributed by atoms with Crippen LogP contribution in [0, 0.1) is 6.92 Å². The second-order valence-corrected chi connectivity index (χ2v) is 7.12. The van der Waals surface area contributed by atoms with Crippen molar-refractivity contribution in [2.45, 2.75) is 32.9 Å². The van der Waals surface area contributed by atoms with Crippen LogP contribution < -0.4 is 10.2 Å². The summed E-state index contributed by atoms with van der Waals surface area (Å²) >= 11 is 0.861. The molecule has 0 unspecified atom stereocenters. The summed E-state index contributed by atoms with van der Waals surface area (Å²) in [7, 11) is 3.66. The van der Waals surface area contributed by atoms with Crippen LogP contribution in [0.5, 0.6) is 0 Å². The highest BCUT2D eigenvalue weighted by molar-refractivity contribution is 7.10. The number of benzene rings is 1. The van der Waals surface area contributed by atoms with Gasteiger partial charge in [-0.1, -0.05) is 12.1 Å². The largest absolute Gasteiger partial charge is 0.380 e. The van der Waals surface area contributed by atoms with Gasteiger partial charge in [-0.25, -0.2) is 4.39 Å². The third-order valence-electron chi connectivity index (χ3n) is 4.33. The first-order valence-electron chi connectivity index (χ1n) is 8.42. The van der Waals surface area contributed by atoms with Gasteiger partial charge >= 0.3 is 5.92 Å². The minimum atomic E-state index is -3.43. The van der Waals surface area contributed by atoms with E-state index in [1.165, 1.54) is 6.07 Å². The molecule has 2 rings (SSSR count). The molecular weight excluding hydrogens is 361 g/mol. The standard InChI is InChI=1S/C19H25F3N2OS/c1-5-24(3)18-13(2)6-7-14(10-25-4)16(18)9-23-15-8-17(26-11-15)19(21,22)12-20/h6-8,11,23H,5,9-10,12H2,1-4H3. The Kier molecular flexibility index (Phi) is 6.94. The van der Waals surface area contributed by atoms with E-state index in [9.17, 15) is 13.2 Å². The Morgan fingerprint density at radius 3 is 2.65 bits per heavy atom. The Morgan fingerprint density at radius 2 is 2.04 bits per heavy atom. The first-order valence-corrected chi connectivity index (χ1v) is 9.30. The Morgan fingerprint density at radius 1 is 1.31 bits per heavy atom. The zero-order valence-electron chi connectivity index (χ0n) is 15.5. The molecule has 26 heavy (non-hydrogen) atoms. The number of nitrogens with one attached hydrogen (secondary N) is 1. The summed E-state index contributed by atoms with van der Waals surface area (Å²) in [5, 5.41) is 4.79. The molecule has 1 aromatic carbocycles. The van der Waals surface area contributed by atoms with E-state index in [0.717, 1.165) is 40.3 Å². The average Bonchev–Trinajstić information content (AvgIpc) is 3.11. The molecule has 0 saturated heterocycles. The fourth-order valence-corrected chi connectivity index (χ4v) is 3.68. The predicted octanol–water partition coefficient (Wildman–Crippen LogP) is 5.33. The maximum absolute atomic E-state index is 13.5. The van der Waals surface area contributed by atoms with Gasteiger partial charge in [0.15, 0.2) is 6.67 Å². The SMILES string of the molecule is CCN(C)c1c(C)ccc(COC)c1CNc1csc(C(F)(F)CF)c1. The highest BCUT2D eigenvalue weighted by Gasteiger charge is 2.33. The van der Waals surface area contributed by atoms with Crippen molar-refractivity contribution in [2.24, 2.45) is 0 Å². The van der Waals surface area contributed by atoms with Crippen LogP contribution >= 0.6 is 11.3 Å². The van der Waals surface area contributed by atoms with Crippen molar-refractivity contribution in [1.82, 2.24) is 0 Å². The lowest BCUT2D eigenvalue weighted by atomic mass is 10.0. The van der Waals surface area contributed by atoms with E-state index in [0.29, 0.717) is 18.8 Å². The maximum Gasteiger partial charge on any atom is 0.310 e. The van der Waals surface area contributed by atoms with Crippen LogP contribution in [-0.2, 0) is 23.8 Å². The van der Waals surface area contributed by atoms with Crippen LogP contribution in [0.15, 0.2) is 23.6 Å². The number of nitrogens with zero attached hydrogens (tertiary/aromatic N) is 1. The topological polar surface area (TPSA) is 24.5 Å². The Bertz CT molecular complexity index is 734. The fourth-order valence-electron chi connectivity index (χ4n) is 2.85. The van der Waals surface area contributed by atoms with Gasteiger partial charge in [-0.05, 0) is 31.0 Å². The number of hydrogen-bond acceptors (Lipinski definition) is 4. The summed E-state index contributed by atoms with van der Waals surface area (Å²) in [5.41, 5.74) is 4.93. The first-order chi connectivity index (χ1) is 12.3. The van der Waals surface area contributed by atoms with Gasteiger partial charge in [0.05, 0.1) is 11.5 Å². The van der Waals surface area contributed by atoms with Crippen molar-refractivity contribution in [3.63, 3.8) is 0 Å². The fraction of sp³-hybridized carbons (Fsp3) is 0.474. The molecule has 0 saturated carbocycles. The van der Waals surface area contributed by atoms with Crippen molar-refractivity contribution >= 4 is 22.7 Å². The number of alkyl halides is 3. The van der Waals surface area contributed by atoms with Gasteiger partial charge in [0, 0.05) is 49.6 Å². The van der Waals surface area contributed by atoms with Crippen LogP contribution in [0.2, 0.25) is 0 Å². The lowest BCUT2D eigenvalue weighted by Gasteiger charge is -2.25. The van der Waals surface area contributed by atoms with Crippen molar-refractivity contribution < 1.29 is 17.9 Å². The molecule has 0 atom stereocenters. The second kappa shape index (κ2) is 8.77. The molecule has 0 amide bonds. The number of thiophene rings is 1. The van der Waals surface area contributed by atoms with Crippen LogP contribution in [-0.4, -0.2) is 27.4 Å². The number of anilines is 2. The van der Waals surface area contributed by atoms with E-state index in [4.69, 9.17) is 4.74 Å². The molecule has 144 valence electrons. The van der Waals surface area contributed by atoms with Crippen molar-refractivity contribution in [3.8, 4) is 0 Å². The number of aryl methyl sites for hydroxylation is 1. The van der Waals surface area contributed by atoms with Crippen molar-refractivity contribution in [3.05, 3.63) is 45.1 Å². The average molecular weight is 386 g/mol. The Balaban J connectivity index is 2.29. The quantitative estimate of drug-likeness (QED) is 0.630. The van der Waals surface area contributed by atoms with Gasteiger partial charge in [0.1, 0.15) is 0 Å². The summed E-state index contributed by atoms with van der Waals surface area (Å²) < 4.78 is 44.8. The predicted molar refractivity (Wildman–Crippen MR) is 102 cm³/mol. The van der Waals surface area contributed by atoms with E-state index in [2.05, 4.69) is 23.2 Å². The zero-order chi connectivity index (χ0) is 19.3. The van der Waals surface area contributed by atoms with E-state index in [1.807, 2.05) is 20.0 Å². The molecule has 1 N–H and O–H groups in total. The van der Waals surface area contributed by atoms with E-state index in [-0.39, 0.29) is 4.88 Å². The highest BCUT2D eigenvalue weighted by Crippen LogP contribution is 2.36. The molecule has 3 nitrogen and oxygen atoms in total. The highest BCUT2D eigenvalue weighted by atomic mass is 32.1. The molecule has 0 fully saturated rings. The van der Waals surface area contributed by atoms with Crippen molar-refractivity contribution in [1.29, 1.82) is 0 Å². The van der Waals surface area contributed by atoms with Gasteiger partial charge < -0.3 is 15.0 Å². The monoisotopic (exact) mass is 386 g/mol. The number of methoxy groups -OCH3 is 1. The minimum absolute atomic E-state index is 0.269. The van der Waals surface area contributed by atoms with Crippen LogP contribution in [0.25, 0.3) is 0 Å². The third-order valence-corrected chi connectivity index (χ3v) is 5.38. The van der Waals surface area contributed by atoms with Crippen LogP contribution in [0.3, 0.4) is 0 Å². The molecule has 1 heterocycles. The third kappa shape index (κ3) is 4.51. The van der Waals surface area contributed by atoms with Crippen LogP contribution in [0.4, 0.5) is 24.5 Å². The molecule has 0 radical (unpaired) electrons. The maximum atomic E-state index is 13.5. The summed E-state index contributed by atoms with van der Waals surface area (Å²) in [6.07, 6.45) is 0. The number of rotatable bonds is 9. The van der Waals surface area contributed by atoms with E-state index < -0.39 is 12.6 Å². The molecule has 2 aromatic rings. The number of halogens is 3. The van der Waals surface area contributed by atoms with Gasteiger partial charge in [0.2, 0.25) is 0 Å². The van der Waals surface area contributed by atoms with Crippen molar-refractivity contribution in [2.75, 3.05) is 37.6 Å². The smallest absolute Gasteiger partial charge is 0.310 e. The summed E-state index contributed by atoms with van der Waals surface area (Å²) in [5.74, 6) is -3.43. The molecule has 0 aliphatic carbocycles. The molecule has 7 heteroatoms. The van der Waals surface area contributed by atoms with Gasteiger partial charge in [-0.2, -0.15) is 8.78 Å². The minimum Gasteiger partial charge on any atom is -0.380 e. The second-order valence-electron chi connectivity index (χ2n) is 6.21. The van der Waals surface area contributed by atoms with Crippen LogP contribution in [0.1, 0.15) is 28.5 Å². The molecule has 0 aliphatic heterocycles. The van der Waals surface area contributed by atoms with E-state index >= 15 is 0 Å². The molecule has 0 bridgehead atoms. The first kappa shape index (κ1) is 20.6. The molecule has 1 aromatic heterocycles. The summed E-state index contributed by atoms with van der Waals surface area (Å²) in [6.45, 7) is 4.22. The lowest BCUT2D eigenvalue weighted by Crippen LogP contribution is -2.21. The Hall–Kier alpha value is -1.73. The lowest BCUT2D eigenvalue weighted by molar-refractivity contribution is -0.0244. The normalized spacial score (nSPS) is 11.7. The Labute approximate surface area is 156 Å². The number of hydrogen-bond donors (Lipinski definition) is 1. The summed E-state index contributed by atoms with van der Waals surface area (Å²) in [4.78, 5) is 1.89. The number of ether oxygens (including phenoxy) is 1. The van der Waals surface area contributed by atoms with Gasteiger partial charge in [0.25, 0.3) is 0 Å². The van der Waals surface area contributed by atoms with Gasteiger partial charge in [-0.3, -0.25) is 0 Å². The van der Waals surface area contributed by atoms with E-state index in [1.54, 1.807) is 12.5 Å². The molecular formula is C19H25F3N2OS.